The maximum absolute atomic E-state index is 13.2. The van der Waals surface area contributed by atoms with E-state index in [0.717, 1.165) is 0 Å². The summed E-state index contributed by atoms with van der Waals surface area (Å²) in [6.45, 7) is 0. The quantitative estimate of drug-likeness (QED) is 0.203. The van der Waals surface area contributed by atoms with E-state index in [1.807, 2.05) is 0 Å². The molecule has 0 bridgehead atoms. The van der Waals surface area contributed by atoms with Crippen LogP contribution in [0, 0.1) is 0 Å². The molecule has 40 heavy (non-hydrogen) atoms. The highest BCUT2D eigenvalue weighted by Crippen LogP contribution is 2.36. The van der Waals surface area contributed by atoms with Crippen molar-refractivity contribution in [3.05, 3.63) is 121 Å². The predicted octanol–water partition coefficient (Wildman–Crippen LogP) is 8.63. The Bertz CT molecular complexity index is 1640. The lowest BCUT2D eigenvalue weighted by atomic mass is 10.1. The first kappa shape index (κ1) is 26.7. The van der Waals surface area contributed by atoms with E-state index in [4.69, 9.17) is 0 Å². The standard InChI is InChI=1S/2C15H9F3N2/c2*16-15(17,18)14-13(10-6-2-1-3-7-10)19-11-8-4-5-9-12(11)20-14/h2*1-9H. The Balaban J connectivity index is 0.000000161. The summed E-state index contributed by atoms with van der Waals surface area (Å²) in [5.74, 6) is 0. The Morgan fingerprint density at radius 1 is 0.350 bits per heavy atom. The average molecular weight is 548 g/mol. The second kappa shape index (κ2) is 10.7. The van der Waals surface area contributed by atoms with E-state index in [1.54, 1.807) is 97.1 Å². The summed E-state index contributed by atoms with van der Waals surface area (Å²) >= 11 is 0. The number of hydrogen-bond donors (Lipinski definition) is 0. The molecule has 0 aliphatic heterocycles. The molecule has 0 saturated heterocycles. The van der Waals surface area contributed by atoms with Gasteiger partial charge in [-0.25, -0.2) is 19.9 Å². The van der Waals surface area contributed by atoms with Crippen LogP contribution >= 0.6 is 0 Å². The molecule has 4 aromatic carbocycles. The Labute approximate surface area is 224 Å². The van der Waals surface area contributed by atoms with E-state index >= 15 is 0 Å². The van der Waals surface area contributed by atoms with Gasteiger partial charge in [-0.3, -0.25) is 0 Å². The molecule has 4 nitrogen and oxygen atoms in total. The zero-order valence-electron chi connectivity index (χ0n) is 20.4. The minimum absolute atomic E-state index is 0.142. The number of para-hydroxylation sites is 4. The highest BCUT2D eigenvalue weighted by atomic mass is 19.4. The molecule has 0 aliphatic carbocycles. The lowest BCUT2D eigenvalue weighted by Crippen LogP contribution is -2.11. The van der Waals surface area contributed by atoms with Crippen molar-refractivity contribution < 1.29 is 26.3 Å². The van der Waals surface area contributed by atoms with E-state index in [0.29, 0.717) is 22.2 Å². The molecule has 10 heteroatoms. The molecule has 0 aliphatic rings. The van der Waals surface area contributed by atoms with Crippen LogP contribution < -0.4 is 0 Å². The maximum atomic E-state index is 13.2. The van der Waals surface area contributed by atoms with Crippen molar-refractivity contribution in [2.75, 3.05) is 0 Å². The number of halogens is 6. The van der Waals surface area contributed by atoms with Crippen LogP contribution in [0.2, 0.25) is 0 Å². The van der Waals surface area contributed by atoms with Crippen molar-refractivity contribution in [1.82, 2.24) is 19.9 Å². The molecule has 6 rings (SSSR count). The van der Waals surface area contributed by atoms with Crippen LogP contribution in [-0.4, -0.2) is 19.9 Å². The summed E-state index contributed by atoms with van der Waals surface area (Å²) in [5, 5.41) is 0. The van der Waals surface area contributed by atoms with Crippen LogP contribution in [-0.2, 0) is 12.4 Å². The normalized spacial score (nSPS) is 11.8. The van der Waals surface area contributed by atoms with E-state index < -0.39 is 23.7 Å². The van der Waals surface area contributed by atoms with Crippen LogP contribution in [0.3, 0.4) is 0 Å². The van der Waals surface area contributed by atoms with Crippen LogP contribution in [0.5, 0.6) is 0 Å². The van der Waals surface area contributed by atoms with Crippen LogP contribution in [0.25, 0.3) is 44.6 Å². The largest absolute Gasteiger partial charge is 0.435 e. The molecule has 0 amide bonds. The van der Waals surface area contributed by atoms with Gasteiger partial charge in [-0.15, -0.1) is 0 Å². The SMILES string of the molecule is FC(F)(F)c1nc2ccccc2nc1-c1ccccc1.FC(F)(F)c1nc2ccccc2nc1-c1ccccc1. The summed E-state index contributed by atoms with van der Waals surface area (Å²) in [6, 6.07) is 29.6. The zero-order valence-corrected chi connectivity index (χ0v) is 20.4. The van der Waals surface area contributed by atoms with E-state index in [9.17, 15) is 26.3 Å². The first-order valence-electron chi connectivity index (χ1n) is 11.9. The lowest BCUT2D eigenvalue weighted by molar-refractivity contribution is -0.141. The molecule has 0 saturated carbocycles. The lowest BCUT2D eigenvalue weighted by Gasteiger charge is -2.12. The van der Waals surface area contributed by atoms with Gasteiger partial charge < -0.3 is 0 Å². The number of nitrogens with zero attached hydrogens (tertiary/aromatic N) is 4. The second-order valence-corrected chi connectivity index (χ2v) is 8.55. The van der Waals surface area contributed by atoms with E-state index in [2.05, 4.69) is 19.9 Å². The summed E-state index contributed by atoms with van der Waals surface area (Å²) < 4.78 is 79.0. The molecule has 0 fully saturated rings. The Morgan fingerprint density at radius 2 is 0.625 bits per heavy atom. The van der Waals surface area contributed by atoms with Crippen LogP contribution in [0.4, 0.5) is 26.3 Å². The van der Waals surface area contributed by atoms with Crippen LogP contribution in [0.15, 0.2) is 109 Å². The number of benzene rings is 4. The van der Waals surface area contributed by atoms with Gasteiger partial charge in [0.05, 0.1) is 22.1 Å². The first-order valence-corrected chi connectivity index (χ1v) is 11.9. The molecule has 2 heterocycles. The Morgan fingerprint density at radius 3 is 0.925 bits per heavy atom. The number of aromatic nitrogens is 4. The summed E-state index contributed by atoms with van der Waals surface area (Å²) in [6.07, 6.45) is -9.08. The molecule has 200 valence electrons. The van der Waals surface area contributed by atoms with Crippen molar-refractivity contribution in [1.29, 1.82) is 0 Å². The third-order valence-corrected chi connectivity index (χ3v) is 5.77. The van der Waals surface area contributed by atoms with Crippen molar-refractivity contribution >= 4 is 22.1 Å². The molecular formula is C30H18F6N4. The fraction of sp³-hybridized carbons (Fsp3) is 0.0667. The van der Waals surface area contributed by atoms with Gasteiger partial charge in [0.25, 0.3) is 0 Å². The van der Waals surface area contributed by atoms with Gasteiger partial charge in [0.1, 0.15) is 11.4 Å². The third kappa shape index (κ3) is 5.75. The van der Waals surface area contributed by atoms with Gasteiger partial charge in [0.2, 0.25) is 0 Å². The summed E-state index contributed by atoms with van der Waals surface area (Å²) in [4.78, 5) is 15.7. The predicted molar refractivity (Wildman–Crippen MR) is 140 cm³/mol. The van der Waals surface area contributed by atoms with Crippen molar-refractivity contribution in [2.45, 2.75) is 12.4 Å². The van der Waals surface area contributed by atoms with E-state index in [-0.39, 0.29) is 22.4 Å². The highest BCUT2D eigenvalue weighted by Gasteiger charge is 2.38. The van der Waals surface area contributed by atoms with E-state index in [1.165, 1.54) is 12.1 Å². The number of hydrogen-bond acceptors (Lipinski definition) is 4. The van der Waals surface area contributed by atoms with Crippen molar-refractivity contribution in [3.63, 3.8) is 0 Å². The monoisotopic (exact) mass is 548 g/mol. The third-order valence-electron chi connectivity index (χ3n) is 5.77. The highest BCUT2D eigenvalue weighted by molar-refractivity contribution is 5.79. The van der Waals surface area contributed by atoms with Gasteiger partial charge in [0.15, 0.2) is 11.4 Å². The van der Waals surface area contributed by atoms with Gasteiger partial charge in [-0.05, 0) is 24.3 Å². The Hall–Kier alpha value is -4.86. The fourth-order valence-electron chi connectivity index (χ4n) is 3.99. The fourth-order valence-corrected chi connectivity index (χ4v) is 3.99. The molecule has 0 spiro atoms. The summed E-state index contributed by atoms with van der Waals surface area (Å²) in [5.41, 5.74) is -0.0349. The van der Waals surface area contributed by atoms with Gasteiger partial charge >= 0.3 is 12.4 Å². The molecule has 0 unspecified atom stereocenters. The van der Waals surface area contributed by atoms with Crippen molar-refractivity contribution in [2.24, 2.45) is 0 Å². The zero-order chi connectivity index (χ0) is 28.3. The number of rotatable bonds is 2. The molecule has 0 N–H and O–H groups in total. The number of alkyl halides is 6. The molecule has 2 aromatic heterocycles. The number of fused-ring (bicyclic) bond motifs is 2. The molecule has 0 atom stereocenters. The Kier molecular flexibility index (Phi) is 7.17. The minimum atomic E-state index is -4.54. The van der Waals surface area contributed by atoms with Gasteiger partial charge in [0, 0.05) is 11.1 Å². The first-order chi connectivity index (χ1) is 19.1. The summed E-state index contributed by atoms with van der Waals surface area (Å²) in [7, 11) is 0. The van der Waals surface area contributed by atoms with Crippen molar-refractivity contribution in [3.8, 4) is 22.5 Å². The topological polar surface area (TPSA) is 51.6 Å². The van der Waals surface area contributed by atoms with Gasteiger partial charge in [-0.1, -0.05) is 84.9 Å². The van der Waals surface area contributed by atoms with Gasteiger partial charge in [-0.2, -0.15) is 26.3 Å². The van der Waals surface area contributed by atoms with Crippen LogP contribution in [0.1, 0.15) is 11.4 Å². The minimum Gasteiger partial charge on any atom is -0.244 e. The molecule has 6 aromatic rings. The maximum Gasteiger partial charge on any atom is 0.435 e. The molecule has 0 radical (unpaired) electrons. The smallest absolute Gasteiger partial charge is 0.244 e. The average Bonchev–Trinajstić information content (AvgIpc) is 2.96. The molecular weight excluding hydrogens is 530 g/mol. The second-order valence-electron chi connectivity index (χ2n) is 8.55.